The van der Waals surface area contributed by atoms with E-state index in [1.54, 1.807) is 13.0 Å². The highest BCUT2D eigenvalue weighted by molar-refractivity contribution is 5.98. The fourth-order valence-corrected chi connectivity index (χ4v) is 10.5. The molecule has 7 N–H and O–H groups in total. The third kappa shape index (κ3) is 5.83. The molecule has 2 aliphatic heterocycles. The number of carbonyl (C=O) groups excluding carboxylic acids is 4. The fraction of sp³-hybridized carbons (Fsp3) is 0.737. The Balaban J connectivity index is 1.36. The molecule has 0 aromatic heterocycles. The lowest BCUT2D eigenvalue weighted by molar-refractivity contribution is -0.301. The summed E-state index contributed by atoms with van der Waals surface area (Å²) in [6.45, 7) is 5.17. The van der Waals surface area contributed by atoms with Crippen molar-refractivity contribution in [3.63, 3.8) is 0 Å². The van der Waals surface area contributed by atoms with Gasteiger partial charge in [-0.3, -0.25) is 14.4 Å². The highest BCUT2D eigenvalue weighted by atomic mass is 16.7. The summed E-state index contributed by atoms with van der Waals surface area (Å²) in [6.07, 6.45) is -5.24. The molecule has 6 aliphatic rings. The lowest BCUT2D eigenvalue weighted by Gasteiger charge is -2.63. The Morgan fingerprint density at radius 3 is 2.39 bits per heavy atom. The lowest BCUT2D eigenvalue weighted by atomic mass is 9.44. The van der Waals surface area contributed by atoms with Crippen LogP contribution in [-0.2, 0) is 42.9 Å². The molecule has 0 amide bonds. The minimum atomic E-state index is -2.44. The van der Waals surface area contributed by atoms with E-state index in [-0.39, 0.29) is 37.0 Å². The minimum Gasteiger partial charge on any atom is -0.465 e. The van der Waals surface area contributed by atoms with Gasteiger partial charge in [0, 0.05) is 26.7 Å². The predicted molar refractivity (Wildman–Crippen MR) is 182 cm³/mol. The quantitative estimate of drug-likeness (QED) is 0.0881. The Hall–Kier alpha value is -3.06. The molecule has 0 aromatic carbocycles. The van der Waals surface area contributed by atoms with Crippen LogP contribution in [0.15, 0.2) is 34.9 Å². The number of fused-ring (bicyclic) bond motifs is 5. The summed E-state index contributed by atoms with van der Waals surface area (Å²) in [5, 5.41) is 79.2. The van der Waals surface area contributed by atoms with Gasteiger partial charge in [0.2, 0.25) is 0 Å². The maximum absolute atomic E-state index is 13.6. The highest BCUT2D eigenvalue weighted by Gasteiger charge is 2.82. The van der Waals surface area contributed by atoms with Crippen molar-refractivity contribution in [3.05, 3.63) is 34.9 Å². The number of ether oxygens (including phenoxy) is 5. The Bertz CT molecular complexity index is 1650. The van der Waals surface area contributed by atoms with E-state index in [2.05, 4.69) is 0 Å². The second-order valence-corrected chi connectivity index (χ2v) is 16.3. The molecule has 0 bridgehead atoms. The summed E-state index contributed by atoms with van der Waals surface area (Å²) >= 11 is 0. The molecule has 2 saturated carbocycles. The maximum Gasteiger partial charge on any atom is 0.336 e. The Morgan fingerprint density at radius 2 is 1.76 bits per heavy atom. The fourth-order valence-electron chi connectivity index (χ4n) is 10.5. The van der Waals surface area contributed by atoms with Crippen LogP contribution < -0.4 is 0 Å². The number of allylic oxidation sites excluding steroid dienone is 4. The van der Waals surface area contributed by atoms with Crippen molar-refractivity contribution in [2.24, 2.45) is 22.7 Å². The first kappa shape index (κ1) is 40.6. The van der Waals surface area contributed by atoms with Gasteiger partial charge in [-0.1, -0.05) is 23.3 Å². The number of cyclic esters (lactones) is 1. The molecule has 0 radical (unpaired) electrons. The topological polar surface area (TPSA) is 256 Å². The van der Waals surface area contributed by atoms with Gasteiger partial charge in [0.1, 0.15) is 60.0 Å². The van der Waals surface area contributed by atoms with Crippen molar-refractivity contribution < 1.29 is 78.6 Å². The monoisotopic (exact) mass is 764 g/mol. The predicted octanol–water partition coefficient (Wildman–Crippen LogP) is -0.575. The van der Waals surface area contributed by atoms with Gasteiger partial charge >= 0.3 is 17.9 Å². The smallest absolute Gasteiger partial charge is 0.336 e. The SMILES string of the molecule is CC(=O)OC[C@]12CC[C@H]3[C@@H](CC=C4CC=CC(=O)[C@@]43C)[C@]1(O)[C@@H](OC(C)=O)C[C@@]2(O)C(C)(O)[C@H]1CC(C)=C(COC2OC(CO)C(O)C(O)C2O)C(=O)O1. The average Bonchev–Trinajstić information content (AvgIpc) is 3.30. The number of rotatable bonds is 9. The second kappa shape index (κ2) is 14.2. The van der Waals surface area contributed by atoms with E-state index in [1.165, 1.54) is 13.0 Å². The van der Waals surface area contributed by atoms with Crippen LogP contribution in [0.25, 0.3) is 0 Å². The van der Waals surface area contributed by atoms with Crippen molar-refractivity contribution >= 4 is 23.7 Å². The number of hydrogen-bond donors (Lipinski definition) is 7. The lowest BCUT2D eigenvalue weighted by Crippen LogP contribution is -2.75. The van der Waals surface area contributed by atoms with Crippen molar-refractivity contribution in [3.8, 4) is 0 Å². The first-order valence-corrected chi connectivity index (χ1v) is 18.4. The van der Waals surface area contributed by atoms with Gasteiger partial charge in [0.25, 0.3) is 0 Å². The molecule has 6 rings (SSSR count). The van der Waals surface area contributed by atoms with E-state index in [4.69, 9.17) is 23.7 Å². The molecule has 14 atom stereocenters. The summed E-state index contributed by atoms with van der Waals surface area (Å²) in [5.41, 5.74) is -8.66. The van der Waals surface area contributed by atoms with Crippen LogP contribution in [0.2, 0.25) is 0 Å². The zero-order valence-electron chi connectivity index (χ0n) is 31.1. The third-order valence-corrected chi connectivity index (χ3v) is 13.6. The molecule has 16 nitrogen and oxygen atoms in total. The molecule has 2 heterocycles. The molecule has 0 spiro atoms. The van der Waals surface area contributed by atoms with Crippen LogP contribution in [0, 0.1) is 22.7 Å². The first-order chi connectivity index (χ1) is 25.2. The average molecular weight is 765 g/mol. The number of ketones is 1. The highest BCUT2D eigenvalue weighted by Crippen LogP contribution is 2.71. The summed E-state index contributed by atoms with van der Waals surface area (Å²) < 4.78 is 28.1. The van der Waals surface area contributed by atoms with E-state index in [0.29, 0.717) is 12.0 Å². The number of aliphatic hydroxyl groups excluding tert-OH is 4. The number of carbonyl (C=O) groups is 4. The number of hydrogen-bond acceptors (Lipinski definition) is 16. The molecular weight excluding hydrogens is 712 g/mol. The van der Waals surface area contributed by atoms with Crippen molar-refractivity contribution in [2.75, 3.05) is 19.8 Å². The first-order valence-electron chi connectivity index (χ1n) is 18.4. The van der Waals surface area contributed by atoms with Crippen molar-refractivity contribution in [2.45, 2.75) is 133 Å². The molecule has 3 fully saturated rings. The van der Waals surface area contributed by atoms with E-state index in [1.807, 2.05) is 13.0 Å². The molecule has 0 aromatic rings. The zero-order valence-corrected chi connectivity index (χ0v) is 31.1. The second-order valence-electron chi connectivity index (χ2n) is 16.3. The molecular formula is C38H52O16. The van der Waals surface area contributed by atoms with Gasteiger partial charge in [-0.2, -0.15) is 0 Å². The number of esters is 3. The van der Waals surface area contributed by atoms with Crippen LogP contribution in [0.1, 0.15) is 73.1 Å². The Kier molecular flexibility index (Phi) is 10.6. The van der Waals surface area contributed by atoms with Gasteiger partial charge in [-0.05, 0) is 64.4 Å². The van der Waals surface area contributed by atoms with Crippen molar-refractivity contribution in [1.29, 1.82) is 0 Å². The molecule has 16 heteroatoms. The van der Waals surface area contributed by atoms with Crippen LogP contribution in [0.4, 0.5) is 0 Å². The molecule has 6 unspecified atom stereocenters. The van der Waals surface area contributed by atoms with Gasteiger partial charge in [-0.25, -0.2) is 4.79 Å². The van der Waals surface area contributed by atoms with E-state index in [0.717, 1.165) is 19.4 Å². The molecule has 1 saturated heterocycles. The standard InChI is InChI=1S/C38H52O16/c1-18-13-27(54-32(46)22(18)16-50-33-31(45)30(44)29(43)25(15-39)53-33)35(5,47)37(48)14-28(52-20(3)41)38(49)24-10-9-21-7-6-8-26(42)34(21,4)23(24)11-12-36(37,38)17-51-19(2)40/h6,8-9,23-25,27-31,33,39,43-45,47-49H,7,10-17H2,1-5H3/t23-,24+,25?,27+,28-,29?,30?,31?,33?,34-,35?,36-,37+,38-/m0/s1. The Morgan fingerprint density at radius 1 is 1.06 bits per heavy atom. The molecule has 4 aliphatic carbocycles. The summed E-state index contributed by atoms with van der Waals surface area (Å²) in [6, 6.07) is 0. The largest absolute Gasteiger partial charge is 0.465 e. The Labute approximate surface area is 312 Å². The number of aliphatic hydroxyl groups is 7. The molecule has 54 heavy (non-hydrogen) atoms. The van der Waals surface area contributed by atoms with E-state index in [9.17, 15) is 54.9 Å². The van der Waals surface area contributed by atoms with Crippen LogP contribution in [0.3, 0.4) is 0 Å². The normalized spacial score (nSPS) is 44.3. The van der Waals surface area contributed by atoms with E-state index < -0.39 is 127 Å². The van der Waals surface area contributed by atoms with Gasteiger partial charge in [0.05, 0.1) is 29.6 Å². The zero-order chi connectivity index (χ0) is 39.8. The van der Waals surface area contributed by atoms with Gasteiger partial charge in [-0.15, -0.1) is 0 Å². The maximum atomic E-state index is 13.6. The van der Waals surface area contributed by atoms with Gasteiger partial charge < -0.3 is 59.4 Å². The van der Waals surface area contributed by atoms with Gasteiger partial charge in [0.15, 0.2) is 12.1 Å². The molecule has 300 valence electrons. The van der Waals surface area contributed by atoms with Crippen molar-refractivity contribution in [1.82, 2.24) is 0 Å². The van der Waals surface area contributed by atoms with Crippen LogP contribution in [-0.4, -0.2) is 139 Å². The van der Waals surface area contributed by atoms with E-state index >= 15 is 0 Å². The summed E-state index contributed by atoms with van der Waals surface area (Å²) in [4.78, 5) is 52.2. The van der Waals surface area contributed by atoms with Crippen LogP contribution >= 0.6 is 0 Å². The third-order valence-electron chi connectivity index (χ3n) is 13.6. The summed E-state index contributed by atoms with van der Waals surface area (Å²) in [7, 11) is 0. The summed E-state index contributed by atoms with van der Waals surface area (Å²) in [5.74, 6) is -3.88. The minimum absolute atomic E-state index is 0.0221. The van der Waals surface area contributed by atoms with Crippen LogP contribution in [0.5, 0.6) is 0 Å².